The van der Waals surface area contributed by atoms with Crippen LogP contribution in [-0.2, 0) is 14.8 Å². The van der Waals surface area contributed by atoms with E-state index in [1.807, 2.05) is 32.0 Å². The van der Waals surface area contributed by atoms with Gasteiger partial charge in [0.25, 0.3) is 0 Å². The molecule has 0 bridgehead atoms. The zero-order valence-corrected chi connectivity index (χ0v) is 18.0. The van der Waals surface area contributed by atoms with E-state index in [9.17, 15) is 13.2 Å². The standard InChI is InChI=1S/C20H22Cl2N2O3S/c1-13-5-3-6-14(2)19(13)23-20(25)15-7-4-10-24(12-15)28(26,27)18-11-16(21)8-9-17(18)22/h3,5-6,8-9,11,15H,4,7,10,12H2,1-2H3,(H,23,25)/t15-/m0/s1. The van der Waals surface area contributed by atoms with Gasteiger partial charge in [-0.25, -0.2) is 8.42 Å². The average molecular weight is 441 g/mol. The van der Waals surface area contributed by atoms with Crippen molar-refractivity contribution in [2.45, 2.75) is 31.6 Å². The zero-order chi connectivity index (χ0) is 20.5. The molecule has 2 aromatic rings. The van der Waals surface area contributed by atoms with Gasteiger partial charge in [0.15, 0.2) is 0 Å². The van der Waals surface area contributed by atoms with Crippen LogP contribution in [0.5, 0.6) is 0 Å². The number of aryl methyl sites for hydroxylation is 2. The van der Waals surface area contributed by atoms with Crippen molar-refractivity contribution in [3.8, 4) is 0 Å². The number of sulfonamides is 1. The molecule has 2 aromatic carbocycles. The third-order valence-corrected chi connectivity index (χ3v) is 7.58. The van der Waals surface area contributed by atoms with E-state index < -0.39 is 15.9 Å². The summed E-state index contributed by atoms with van der Waals surface area (Å²) in [4.78, 5) is 12.8. The Hall–Kier alpha value is -1.60. The zero-order valence-electron chi connectivity index (χ0n) is 15.7. The molecule has 1 saturated heterocycles. The first-order chi connectivity index (χ1) is 13.2. The van der Waals surface area contributed by atoms with E-state index in [2.05, 4.69) is 5.32 Å². The van der Waals surface area contributed by atoms with Crippen molar-refractivity contribution in [3.05, 3.63) is 57.6 Å². The normalized spacial score (nSPS) is 18.1. The van der Waals surface area contributed by atoms with Crippen molar-refractivity contribution in [1.29, 1.82) is 0 Å². The van der Waals surface area contributed by atoms with Crippen molar-refractivity contribution in [2.75, 3.05) is 18.4 Å². The van der Waals surface area contributed by atoms with Crippen LogP contribution in [0.15, 0.2) is 41.3 Å². The lowest BCUT2D eigenvalue weighted by molar-refractivity contribution is -0.120. The van der Waals surface area contributed by atoms with Crippen LogP contribution in [0.2, 0.25) is 10.0 Å². The molecule has 1 amide bonds. The number of halogens is 2. The first-order valence-electron chi connectivity index (χ1n) is 9.02. The van der Waals surface area contributed by atoms with Crippen LogP contribution in [0.4, 0.5) is 5.69 Å². The summed E-state index contributed by atoms with van der Waals surface area (Å²) in [5, 5.41) is 3.39. The quantitative estimate of drug-likeness (QED) is 0.751. The van der Waals surface area contributed by atoms with Gasteiger partial charge in [0.1, 0.15) is 4.90 Å². The minimum absolute atomic E-state index is 0.0301. The van der Waals surface area contributed by atoms with E-state index in [0.717, 1.165) is 16.8 Å². The number of para-hydroxylation sites is 1. The van der Waals surface area contributed by atoms with Gasteiger partial charge in [-0.1, -0.05) is 41.4 Å². The highest BCUT2D eigenvalue weighted by atomic mass is 35.5. The summed E-state index contributed by atoms with van der Waals surface area (Å²) in [6, 6.07) is 10.2. The van der Waals surface area contributed by atoms with Gasteiger partial charge in [-0.2, -0.15) is 4.31 Å². The number of carbonyl (C=O) groups excluding carboxylic acids is 1. The van der Waals surface area contributed by atoms with Crippen LogP contribution < -0.4 is 5.32 Å². The Bertz CT molecular complexity index is 988. The topological polar surface area (TPSA) is 66.5 Å². The molecule has 5 nitrogen and oxygen atoms in total. The molecule has 0 aliphatic carbocycles. The Morgan fingerprint density at radius 2 is 1.82 bits per heavy atom. The van der Waals surface area contributed by atoms with E-state index in [1.165, 1.54) is 16.4 Å². The lowest BCUT2D eigenvalue weighted by Gasteiger charge is -2.31. The third-order valence-electron chi connectivity index (χ3n) is 5.00. The smallest absolute Gasteiger partial charge is 0.244 e. The molecule has 8 heteroatoms. The van der Waals surface area contributed by atoms with E-state index in [-0.39, 0.29) is 22.4 Å². The van der Waals surface area contributed by atoms with Gasteiger partial charge >= 0.3 is 0 Å². The van der Waals surface area contributed by atoms with Crippen LogP contribution in [0.1, 0.15) is 24.0 Å². The Labute approximate surface area is 175 Å². The summed E-state index contributed by atoms with van der Waals surface area (Å²) in [5.41, 5.74) is 2.73. The van der Waals surface area contributed by atoms with Crippen molar-refractivity contribution in [3.63, 3.8) is 0 Å². The molecule has 0 saturated carbocycles. The van der Waals surface area contributed by atoms with Gasteiger partial charge in [-0.15, -0.1) is 0 Å². The Morgan fingerprint density at radius 3 is 2.50 bits per heavy atom. The summed E-state index contributed by atoms with van der Waals surface area (Å²) < 4.78 is 27.4. The number of nitrogens with zero attached hydrogens (tertiary/aromatic N) is 1. The minimum Gasteiger partial charge on any atom is -0.325 e. The molecule has 0 unspecified atom stereocenters. The van der Waals surface area contributed by atoms with E-state index in [1.54, 1.807) is 6.07 Å². The molecular formula is C20H22Cl2N2O3S. The molecule has 0 aromatic heterocycles. The summed E-state index contributed by atoms with van der Waals surface area (Å²) in [7, 11) is -3.83. The monoisotopic (exact) mass is 440 g/mol. The number of hydrogen-bond acceptors (Lipinski definition) is 3. The molecule has 1 N–H and O–H groups in total. The van der Waals surface area contributed by atoms with Crippen molar-refractivity contribution < 1.29 is 13.2 Å². The lowest BCUT2D eigenvalue weighted by atomic mass is 9.98. The fourth-order valence-electron chi connectivity index (χ4n) is 3.43. The maximum atomic E-state index is 13.0. The number of nitrogens with one attached hydrogen (secondary N) is 1. The van der Waals surface area contributed by atoms with Gasteiger partial charge in [-0.3, -0.25) is 4.79 Å². The molecule has 1 fully saturated rings. The fraction of sp³-hybridized carbons (Fsp3) is 0.350. The molecule has 0 radical (unpaired) electrons. The summed E-state index contributed by atoms with van der Waals surface area (Å²) >= 11 is 12.1. The van der Waals surface area contributed by atoms with Crippen molar-refractivity contribution in [1.82, 2.24) is 4.31 Å². The Kier molecular flexibility index (Phi) is 6.34. The van der Waals surface area contributed by atoms with Crippen molar-refractivity contribution >= 4 is 44.8 Å². The highest BCUT2D eigenvalue weighted by Crippen LogP contribution is 2.31. The fourth-order valence-corrected chi connectivity index (χ4v) is 5.69. The Balaban J connectivity index is 1.80. The molecule has 1 aliphatic heterocycles. The second kappa shape index (κ2) is 8.41. The highest BCUT2D eigenvalue weighted by molar-refractivity contribution is 7.89. The second-order valence-corrected chi connectivity index (χ2v) is 9.78. The van der Waals surface area contributed by atoms with Gasteiger partial charge in [0.05, 0.1) is 10.9 Å². The van der Waals surface area contributed by atoms with Crippen LogP contribution in [0.3, 0.4) is 0 Å². The SMILES string of the molecule is Cc1cccc(C)c1NC(=O)[C@H]1CCCN(S(=O)(=O)c2cc(Cl)ccc2Cl)C1. The minimum atomic E-state index is -3.83. The van der Waals surface area contributed by atoms with E-state index in [4.69, 9.17) is 23.2 Å². The van der Waals surface area contributed by atoms with Gasteiger partial charge < -0.3 is 5.32 Å². The molecule has 1 aliphatic rings. The molecule has 0 spiro atoms. The summed E-state index contributed by atoms with van der Waals surface area (Å²) in [6.45, 7) is 4.32. The third kappa shape index (κ3) is 4.35. The van der Waals surface area contributed by atoms with Gasteiger partial charge in [0, 0.05) is 23.8 Å². The molecule has 28 heavy (non-hydrogen) atoms. The molecular weight excluding hydrogens is 419 g/mol. The maximum absolute atomic E-state index is 13.0. The van der Waals surface area contributed by atoms with E-state index in [0.29, 0.717) is 24.4 Å². The second-order valence-electron chi connectivity index (χ2n) is 7.03. The number of rotatable bonds is 4. The number of carbonyl (C=O) groups is 1. The van der Waals surface area contributed by atoms with Crippen LogP contribution in [-0.4, -0.2) is 31.7 Å². The number of piperidine rings is 1. The largest absolute Gasteiger partial charge is 0.325 e. The number of benzene rings is 2. The summed E-state index contributed by atoms with van der Waals surface area (Å²) in [5.74, 6) is -0.602. The molecule has 150 valence electrons. The predicted octanol–water partition coefficient (Wildman–Crippen LogP) is 4.65. The highest BCUT2D eigenvalue weighted by Gasteiger charge is 2.34. The maximum Gasteiger partial charge on any atom is 0.244 e. The van der Waals surface area contributed by atoms with E-state index >= 15 is 0 Å². The predicted molar refractivity (Wildman–Crippen MR) is 112 cm³/mol. The molecule has 3 rings (SSSR count). The Morgan fingerprint density at radius 1 is 1.14 bits per heavy atom. The van der Waals surface area contributed by atoms with Crippen molar-refractivity contribution in [2.24, 2.45) is 5.92 Å². The average Bonchev–Trinajstić information content (AvgIpc) is 2.66. The van der Waals surface area contributed by atoms with Gasteiger partial charge in [-0.05, 0) is 56.0 Å². The van der Waals surface area contributed by atoms with Crippen LogP contribution in [0.25, 0.3) is 0 Å². The van der Waals surface area contributed by atoms with Gasteiger partial charge in [0.2, 0.25) is 15.9 Å². The number of hydrogen-bond donors (Lipinski definition) is 1. The number of amides is 1. The van der Waals surface area contributed by atoms with Crippen LogP contribution in [0, 0.1) is 19.8 Å². The molecule has 1 heterocycles. The first kappa shape index (κ1) is 21.1. The summed E-state index contributed by atoms with van der Waals surface area (Å²) in [6.07, 6.45) is 1.23. The first-order valence-corrected chi connectivity index (χ1v) is 11.2. The number of anilines is 1. The molecule has 1 atom stereocenters. The lowest BCUT2D eigenvalue weighted by Crippen LogP contribution is -2.43. The van der Waals surface area contributed by atoms with Crippen LogP contribution >= 0.6 is 23.2 Å².